The minimum absolute atomic E-state index is 0.0146. The number of carbonyl (C=O) groups excluding carboxylic acids is 10. The number of hydrogen-bond donors (Lipinski definition) is 3. The Morgan fingerprint density at radius 1 is 0.838 bits per heavy atom. The smallest absolute Gasteiger partial charge is 0.334 e. The number of nitrogens with zero attached hydrogens (tertiary/aromatic N) is 3. The molecule has 0 saturated carbocycles. The zero-order chi connectivity index (χ0) is 55.6. The number of cyclic esters (lactones) is 2. The Hall–Kier alpha value is -6.40. The highest BCUT2D eigenvalue weighted by molar-refractivity contribution is 6.03. The molecule has 2 unspecified atom stereocenters. The standard InChI is InChI=1S/C55H82N6O13/c1-14-33(5)47-50(66)57-39(11)55(71)74-48(34(6)15-2)37(9)42(72-46(64)24-20-17-21-27-61-45(63)29-36(8)51(61)67)26-25-35(7)54(70)73-43(28-32(3)4)49(65)56-38(10)52(68)60(13)41(30-40-22-18-16-19-23-40)53(69)59(12)31-44(62)58-47/h15-16,18-19,22-23,25,32-33,36-39,41-43,47-48H,14,17,20-21,24,26-31H2,1-13H3,(H,56,65)(H,57,66)(H,58,62)/b34-15+,35-25+/t33?,36?,37-,38-,39+,41+,42-,43+,47-,48+/m0/s1. The highest BCUT2D eigenvalue weighted by Crippen LogP contribution is 2.27. The molecule has 0 spiro atoms. The van der Waals surface area contributed by atoms with Crippen molar-refractivity contribution >= 4 is 59.3 Å². The average Bonchev–Trinajstić information content (AvgIpc) is 3.60. The van der Waals surface area contributed by atoms with E-state index < -0.39 is 108 Å². The topological polar surface area (TPSA) is 244 Å². The molecule has 1 aromatic rings. The summed E-state index contributed by atoms with van der Waals surface area (Å²) < 4.78 is 18.0. The summed E-state index contributed by atoms with van der Waals surface area (Å²) in [6.07, 6.45) is 2.01. The zero-order valence-electron chi connectivity index (χ0n) is 45.8. The number of allylic oxidation sites excluding steroid dienone is 1. The molecule has 0 aliphatic carbocycles. The SMILES string of the molecule is C/C=C(\C)[C@H]1OC(=O)[C@@H](C)NC(=O)[C@H](C(C)CC)NC(=O)CN(C)C(=O)[C@@H](Cc2ccccc2)N(C)C(=O)[C@H](C)NC(=O)[C@@H](CC(C)C)OC(=O)/C(C)=C/C[C@H](OC(=O)CCCCCN2C(=O)CC(C)C2=O)[C@@H]1C. The predicted octanol–water partition coefficient (Wildman–Crippen LogP) is 4.74. The van der Waals surface area contributed by atoms with Crippen LogP contribution in [0.4, 0.5) is 0 Å². The number of ether oxygens (including phenoxy) is 3. The summed E-state index contributed by atoms with van der Waals surface area (Å²) in [5, 5.41) is 8.09. The van der Waals surface area contributed by atoms with E-state index in [0.717, 1.165) is 4.90 Å². The molecule has 410 valence electrons. The number of carbonyl (C=O) groups is 10. The summed E-state index contributed by atoms with van der Waals surface area (Å²) in [5.41, 5.74) is 1.39. The molecule has 2 aliphatic rings. The van der Waals surface area contributed by atoms with Crippen molar-refractivity contribution in [2.75, 3.05) is 27.2 Å². The van der Waals surface area contributed by atoms with Crippen LogP contribution in [-0.4, -0.2) is 144 Å². The van der Waals surface area contributed by atoms with Gasteiger partial charge in [0.25, 0.3) is 5.91 Å². The third-order valence-electron chi connectivity index (χ3n) is 13.8. The third kappa shape index (κ3) is 18.2. The van der Waals surface area contributed by atoms with Gasteiger partial charge in [0.15, 0.2) is 6.10 Å². The molecular formula is C55H82N6O13. The molecule has 0 aromatic heterocycles. The summed E-state index contributed by atoms with van der Waals surface area (Å²) in [5.74, 6) is -7.66. The van der Waals surface area contributed by atoms with Gasteiger partial charge in [0.2, 0.25) is 35.4 Å². The van der Waals surface area contributed by atoms with Crippen LogP contribution in [0.15, 0.2) is 53.6 Å². The van der Waals surface area contributed by atoms with Gasteiger partial charge in [-0.25, -0.2) is 9.59 Å². The number of imide groups is 1. The number of esters is 3. The van der Waals surface area contributed by atoms with Gasteiger partial charge in [-0.15, -0.1) is 0 Å². The van der Waals surface area contributed by atoms with E-state index in [1.165, 1.54) is 50.7 Å². The van der Waals surface area contributed by atoms with E-state index in [4.69, 9.17) is 14.2 Å². The normalized spacial score (nSPS) is 27.5. The highest BCUT2D eigenvalue weighted by atomic mass is 16.6. The van der Waals surface area contributed by atoms with E-state index in [1.807, 2.05) is 20.8 Å². The van der Waals surface area contributed by atoms with Crippen molar-refractivity contribution < 1.29 is 62.2 Å². The second-order valence-electron chi connectivity index (χ2n) is 20.5. The first-order valence-corrected chi connectivity index (χ1v) is 26.0. The van der Waals surface area contributed by atoms with Crippen molar-refractivity contribution in [1.29, 1.82) is 0 Å². The average molecular weight is 1040 g/mol. The quantitative estimate of drug-likeness (QED) is 0.0751. The van der Waals surface area contributed by atoms with Crippen LogP contribution in [0, 0.1) is 23.7 Å². The lowest BCUT2D eigenvalue weighted by Crippen LogP contribution is -2.57. The van der Waals surface area contributed by atoms with E-state index in [0.29, 0.717) is 36.8 Å². The Kier molecular flexibility index (Phi) is 24.7. The monoisotopic (exact) mass is 1030 g/mol. The van der Waals surface area contributed by atoms with Crippen molar-refractivity contribution in [3.05, 3.63) is 59.2 Å². The lowest BCUT2D eigenvalue weighted by molar-refractivity contribution is -0.161. The maximum Gasteiger partial charge on any atom is 0.334 e. The first-order chi connectivity index (χ1) is 34.8. The second-order valence-corrected chi connectivity index (χ2v) is 20.5. The fourth-order valence-electron chi connectivity index (χ4n) is 8.72. The van der Waals surface area contributed by atoms with Crippen LogP contribution in [0.1, 0.15) is 133 Å². The van der Waals surface area contributed by atoms with Crippen LogP contribution in [0.2, 0.25) is 0 Å². The van der Waals surface area contributed by atoms with Gasteiger partial charge in [-0.3, -0.25) is 43.3 Å². The minimum atomic E-state index is -1.34. The number of unbranched alkanes of at least 4 members (excludes halogenated alkanes) is 2. The lowest BCUT2D eigenvalue weighted by atomic mass is 9.90. The van der Waals surface area contributed by atoms with Crippen molar-refractivity contribution in [3.8, 4) is 0 Å². The zero-order valence-corrected chi connectivity index (χ0v) is 45.8. The van der Waals surface area contributed by atoms with Crippen molar-refractivity contribution in [3.63, 3.8) is 0 Å². The maximum absolute atomic E-state index is 14.3. The van der Waals surface area contributed by atoms with E-state index in [-0.39, 0.29) is 67.9 Å². The first kappa shape index (κ1) is 61.9. The van der Waals surface area contributed by atoms with Gasteiger partial charge in [0, 0.05) is 63.7 Å². The van der Waals surface area contributed by atoms with Gasteiger partial charge in [0.05, 0.1) is 6.54 Å². The summed E-state index contributed by atoms with van der Waals surface area (Å²) in [4.78, 5) is 140. The van der Waals surface area contributed by atoms with Gasteiger partial charge in [-0.2, -0.15) is 0 Å². The van der Waals surface area contributed by atoms with Crippen LogP contribution in [0.5, 0.6) is 0 Å². The number of rotatable bonds is 14. The molecule has 19 heteroatoms. The van der Waals surface area contributed by atoms with Gasteiger partial charge in [-0.1, -0.05) is 96.9 Å². The summed E-state index contributed by atoms with van der Waals surface area (Å²) in [6, 6.07) is 4.25. The molecular weight excluding hydrogens is 953 g/mol. The van der Waals surface area contributed by atoms with Gasteiger partial charge in [0.1, 0.15) is 36.4 Å². The van der Waals surface area contributed by atoms with E-state index in [2.05, 4.69) is 16.0 Å². The number of hydrogen-bond acceptors (Lipinski definition) is 13. The van der Waals surface area contributed by atoms with Crippen LogP contribution < -0.4 is 16.0 Å². The fourth-order valence-corrected chi connectivity index (χ4v) is 8.72. The van der Waals surface area contributed by atoms with E-state index in [1.54, 1.807) is 71.0 Å². The van der Waals surface area contributed by atoms with Crippen LogP contribution >= 0.6 is 0 Å². The number of nitrogens with one attached hydrogen (secondary N) is 3. The molecule has 3 N–H and O–H groups in total. The Morgan fingerprint density at radius 3 is 2.08 bits per heavy atom. The maximum atomic E-state index is 14.3. The van der Waals surface area contributed by atoms with Crippen LogP contribution in [0.3, 0.4) is 0 Å². The molecule has 1 aromatic carbocycles. The number of likely N-dealkylation sites (N-methyl/N-ethyl adjacent to an activating group) is 2. The largest absolute Gasteiger partial charge is 0.462 e. The molecule has 1 fully saturated rings. The molecule has 2 aliphatic heterocycles. The molecule has 1 saturated heterocycles. The first-order valence-electron chi connectivity index (χ1n) is 26.0. The van der Waals surface area contributed by atoms with Gasteiger partial charge < -0.3 is 40.0 Å². The van der Waals surface area contributed by atoms with Crippen molar-refractivity contribution in [2.24, 2.45) is 23.7 Å². The number of likely N-dealkylation sites (tertiary alicyclic amines) is 1. The van der Waals surface area contributed by atoms with Gasteiger partial charge in [-0.05, 0) is 76.9 Å². The molecule has 3 rings (SSSR count). The van der Waals surface area contributed by atoms with E-state index in [9.17, 15) is 47.9 Å². The summed E-state index contributed by atoms with van der Waals surface area (Å²) >= 11 is 0. The highest BCUT2D eigenvalue weighted by Gasteiger charge is 2.38. The predicted molar refractivity (Wildman–Crippen MR) is 276 cm³/mol. The number of benzene rings is 1. The van der Waals surface area contributed by atoms with E-state index >= 15 is 0 Å². The Labute approximate surface area is 437 Å². The lowest BCUT2D eigenvalue weighted by Gasteiger charge is -2.33. The molecule has 74 heavy (non-hydrogen) atoms. The Bertz CT molecular complexity index is 2230. The molecule has 0 bridgehead atoms. The second kappa shape index (κ2) is 29.5. The summed E-state index contributed by atoms with van der Waals surface area (Å²) in [7, 11) is 2.83. The molecule has 7 amide bonds. The molecule has 0 radical (unpaired) electrons. The Balaban J connectivity index is 2.05. The number of amides is 7. The molecule has 10 atom stereocenters. The molecule has 19 nitrogen and oxygen atoms in total. The van der Waals surface area contributed by atoms with Crippen LogP contribution in [0.25, 0.3) is 0 Å². The Morgan fingerprint density at radius 2 is 1.49 bits per heavy atom. The minimum Gasteiger partial charge on any atom is -0.462 e. The van der Waals surface area contributed by atoms with Crippen molar-refractivity contribution in [1.82, 2.24) is 30.7 Å². The molecule has 2 heterocycles. The van der Waals surface area contributed by atoms with Gasteiger partial charge >= 0.3 is 17.9 Å². The fraction of sp³-hybridized carbons (Fsp3) is 0.636. The van der Waals surface area contributed by atoms with Crippen LogP contribution in [-0.2, 0) is 68.6 Å². The summed E-state index contributed by atoms with van der Waals surface area (Å²) in [6.45, 7) is 18.3. The van der Waals surface area contributed by atoms with Crippen molar-refractivity contribution in [2.45, 2.75) is 176 Å². The third-order valence-corrected chi connectivity index (χ3v) is 13.8.